The Morgan fingerprint density at radius 1 is 0.491 bits per heavy atom. The first-order valence-corrected chi connectivity index (χ1v) is 18.9. The van der Waals surface area contributed by atoms with Gasteiger partial charge in [-0.1, -0.05) is 159 Å². The van der Waals surface area contributed by atoms with E-state index in [2.05, 4.69) is 194 Å². The standard InChI is InChI=1S/C51H47NO/c1-49(2,3)33-29-41(50(4,5)6)48-42(30-33)51(7,8)40-23-16-22-38(47(40)48)36-20-11-13-24-44(36)52(43-25-15-18-32-17-9-10-19-35(32)43)34-27-28-46-39(31-34)37-21-12-14-26-45(37)53-46/h9-31H,1-8H3. The Morgan fingerprint density at radius 2 is 1.13 bits per heavy atom. The monoisotopic (exact) mass is 689 g/mol. The minimum atomic E-state index is -0.153. The molecule has 0 N–H and O–H groups in total. The molecule has 0 saturated heterocycles. The van der Waals surface area contributed by atoms with E-state index < -0.39 is 0 Å². The second-order valence-corrected chi connectivity index (χ2v) is 17.4. The average Bonchev–Trinajstić information content (AvgIpc) is 3.62. The summed E-state index contributed by atoms with van der Waals surface area (Å²) in [5.74, 6) is 0. The normalized spacial score (nSPS) is 13.8. The zero-order valence-corrected chi connectivity index (χ0v) is 32.1. The number of anilines is 3. The van der Waals surface area contributed by atoms with Gasteiger partial charge in [-0.3, -0.25) is 0 Å². The highest BCUT2D eigenvalue weighted by atomic mass is 16.3. The van der Waals surface area contributed by atoms with E-state index in [1.807, 2.05) is 6.07 Å². The van der Waals surface area contributed by atoms with Crippen LogP contribution < -0.4 is 4.90 Å². The Bertz CT molecular complexity index is 2720. The molecular weight excluding hydrogens is 643 g/mol. The summed E-state index contributed by atoms with van der Waals surface area (Å²) in [6.07, 6.45) is 0. The van der Waals surface area contributed by atoms with Crippen LogP contribution in [-0.4, -0.2) is 0 Å². The molecule has 0 spiro atoms. The Labute approximate surface area is 313 Å². The van der Waals surface area contributed by atoms with Gasteiger partial charge in [-0.2, -0.15) is 0 Å². The van der Waals surface area contributed by atoms with E-state index in [1.54, 1.807) is 0 Å². The van der Waals surface area contributed by atoms with E-state index in [4.69, 9.17) is 4.42 Å². The lowest BCUT2D eigenvalue weighted by Gasteiger charge is -2.31. The van der Waals surface area contributed by atoms with Gasteiger partial charge < -0.3 is 9.32 Å². The maximum absolute atomic E-state index is 6.31. The molecule has 9 rings (SSSR count). The van der Waals surface area contributed by atoms with Gasteiger partial charge in [0.15, 0.2) is 0 Å². The molecule has 1 aliphatic carbocycles. The molecule has 0 fully saturated rings. The summed E-state index contributed by atoms with van der Waals surface area (Å²) in [5, 5.41) is 4.65. The first kappa shape index (κ1) is 33.3. The summed E-state index contributed by atoms with van der Waals surface area (Å²) in [7, 11) is 0. The van der Waals surface area contributed by atoms with E-state index in [1.165, 1.54) is 55.3 Å². The second kappa shape index (κ2) is 11.7. The van der Waals surface area contributed by atoms with Crippen molar-refractivity contribution in [2.24, 2.45) is 0 Å². The van der Waals surface area contributed by atoms with Crippen LogP contribution in [0.15, 0.2) is 144 Å². The summed E-state index contributed by atoms with van der Waals surface area (Å²) in [4.78, 5) is 2.46. The lowest BCUT2D eigenvalue weighted by molar-refractivity contribution is 0.564. The molecule has 0 saturated carbocycles. The third kappa shape index (κ3) is 5.22. The van der Waals surface area contributed by atoms with Gasteiger partial charge in [0.1, 0.15) is 11.2 Å². The summed E-state index contributed by atoms with van der Waals surface area (Å²) >= 11 is 0. The van der Waals surface area contributed by atoms with E-state index in [0.717, 1.165) is 39.0 Å². The molecule has 1 aliphatic rings. The highest BCUT2D eigenvalue weighted by molar-refractivity contribution is 6.08. The third-order valence-corrected chi connectivity index (χ3v) is 11.5. The highest BCUT2D eigenvalue weighted by Gasteiger charge is 2.41. The zero-order chi connectivity index (χ0) is 36.9. The second-order valence-electron chi connectivity index (χ2n) is 17.4. The van der Waals surface area contributed by atoms with Gasteiger partial charge in [0, 0.05) is 32.8 Å². The van der Waals surface area contributed by atoms with Gasteiger partial charge in [-0.25, -0.2) is 0 Å². The van der Waals surface area contributed by atoms with E-state index in [-0.39, 0.29) is 16.2 Å². The van der Waals surface area contributed by atoms with Crippen molar-refractivity contribution < 1.29 is 4.42 Å². The quantitative estimate of drug-likeness (QED) is 0.183. The summed E-state index contributed by atoms with van der Waals surface area (Å²) in [6.45, 7) is 19.0. The molecule has 0 aliphatic heterocycles. The Kier molecular flexibility index (Phi) is 7.34. The number of nitrogens with zero attached hydrogens (tertiary/aromatic N) is 1. The summed E-state index contributed by atoms with van der Waals surface area (Å²) in [5.41, 5.74) is 15.9. The third-order valence-electron chi connectivity index (χ3n) is 11.5. The van der Waals surface area contributed by atoms with Gasteiger partial charge in [0.25, 0.3) is 0 Å². The Morgan fingerprint density at radius 3 is 1.92 bits per heavy atom. The lowest BCUT2D eigenvalue weighted by Crippen LogP contribution is -2.21. The van der Waals surface area contributed by atoms with Crippen molar-refractivity contribution >= 4 is 49.8 Å². The minimum Gasteiger partial charge on any atom is -0.456 e. The van der Waals surface area contributed by atoms with Crippen LogP contribution in [0.25, 0.3) is 55.0 Å². The average molecular weight is 690 g/mol. The molecule has 262 valence electrons. The molecule has 0 bridgehead atoms. The molecule has 2 heteroatoms. The maximum atomic E-state index is 6.31. The van der Waals surface area contributed by atoms with Crippen molar-refractivity contribution in [2.75, 3.05) is 4.90 Å². The SMILES string of the molecule is CC(C)(C)c1cc(C(C)(C)C)c2c(c1)C(C)(C)c1cccc(-c3ccccc3N(c3ccc4oc5ccccc5c4c3)c3cccc4ccccc34)c1-2. The number of hydrogen-bond donors (Lipinski definition) is 0. The molecule has 0 unspecified atom stereocenters. The summed E-state index contributed by atoms with van der Waals surface area (Å²) < 4.78 is 6.31. The molecule has 1 heterocycles. The van der Waals surface area contributed by atoms with Crippen LogP contribution in [-0.2, 0) is 16.2 Å². The predicted octanol–water partition coefficient (Wildman–Crippen LogP) is 14.8. The predicted molar refractivity (Wildman–Crippen MR) is 226 cm³/mol. The van der Waals surface area contributed by atoms with Gasteiger partial charge in [-0.15, -0.1) is 0 Å². The van der Waals surface area contributed by atoms with Crippen molar-refractivity contribution in [1.82, 2.24) is 0 Å². The highest BCUT2D eigenvalue weighted by Crippen LogP contribution is 2.57. The largest absolute Gasteiger partial charge is 0.456 e. The van der Waals surface area contributed by atoms with Crippen LogP contribution in [0, 0.1) is 0 Å². The number of furan rings is 1. The molecule has 2 nitrogen and oxygen atoms in total. The lowest BCUT2D eigenvalue weighted by atomic mass is 9.74. The van der Waals surface area contributed by atoms with Crippen LogP contribution in [0.5, 0.6) is 0 Å². The molecule has 8 aromatic rings. The van der Waals surface area contributed by atoms with Crippen molar-refractivity contribution in [3.63, 3.8) is 0 Å². The first-order valence-electron chi connectivity index (χ1n) is 18.9. The van der Waals surface area contributed by atoms with Crippen LogP contribution in [0.4, 0.5) is 17.1 Å². The van der Waals surface area contributed by atoms with Crippen LogP contribution in [0.1, 0.15) is 77.6 Å². The molecule has 0 amide bonds. The topological polar surface area (TPSA) is 16.4 Å². The number of benzene rings is 7. The smallest absolute Gasteiger partial charge is 0.135 e. The molecule has 1 aromatic heterocycles. The zero-order valence-electron chi connectivity index (χ0n) is 32.1. The Balaban J connectivity index is 1.35. The van der Waals surface area contributed by atoms with Gasteiger partial charge in [-0.05, 0) is 91.6 Å². The van der Waals surface area contributed by atoms with Crippen LogP contribution >= 0.6 is 0 Å². The fraction of sp³-hybridized carbons (Fsp3) is 0.216. The molecular formula is C51H47NO. The van der Waals surface area contributed by atoms with Gasteiger partial charge in [0.05, 0.1) is 11.4 Å². The first-order chi connectivity index (χ1) is 25.3. The molecule has 0 radical (unpaired) electrons. The van der Waals surface area contributed by atoms with E-state index in [0.29, 0.717) is 0 Å². The maximum Gasteiger partial charge on any atom is 0.135 e. The van der Waals surface area contributed by atoms with Gasteiger partial charge in [0.2, 0.25) is 0 Å². The molecule has 7 aromatic carbocycles. The fourth-order valence-electron chi connectivity index (χ4n) is 8.70. The minimum absolute atomic E-state index is 0.0374. The van der Waals surface area contributed by atoms with E-state index in [9.17, 15) is 0 Å². The Hall–Kier alpha value is -5.60. The molecule has 0 atom stereocenters. The van der Waals surface area contributed by atoms with E-state index >= 15 is 0 Å². The van der Waals surface area contributed by atoms with Crippen molar-refractivity contribution in [3.8, 4) is 22.3 Å². The number of rotatable bonds is 4. The number of hydrogen-bond acceptors (Lipinski definition) is 2. The number of fused-ring (bicyclic) bond motifs is 7. The van der Waals surface area contributed by atoms with Crippen LogP contribution in [0.2, 0.25) is 0 Å². The van der Waals surface area contributed by atoms with Crippen LogP contribution in [0.3, 0.4) is 0 Å². The fourth-order valence-corrected chi connectivity index (χ4v) is 8.70. The van der Waals surface area contributed by atoms with Crippen molar-refractivity contribution in [1.29, 1.82) is 0 Å². The summed E-state index contributed by atoms with van der Waals surface area (Å²) in [6, 6.07) is 51.3. The van der Waals surface area contributed by atoms with Gasteiger partial charge >= 0.3 is 0 Å². The number of para-hydroxylation sites is 2. The van der Waals surface area contributed by atoms with Crippen molar-refractivity contribution in [3.05, 3.63) is 162 Å². The van der Waals surface area contributed by atoms with Crippen molar-refractivity contribution in [2.45, 2.75) is 71.6 Å². The molecule has 53 heavy (non-hydrogen) atoms.